The van der Waals surface area contributed by atoms with Gasteiger partial charge >= 0.3 is 0 Å². The molecule has 1 heteroatoms. The second-order valence-electron chi connectivity index (χ2n) is 7.00. The second-order valence-corrected chi connectivity index (χ2v) is 7.00. The van der Waals surface area contributed by atoms with E-state index in [0.717, 1.165) is 18.4 Å². The van der Waals surface area contributed by atoms with E-state index < -0.39 is 0 Å². The van der Waals surface area contributed by atoms with E-state index in [0.29, 0.717) is 0 Å². The molecular weight excluding hydrogens is 278 g/mol. The highest BCUT2D eigenvalue weighted by Crippen LogP contribution is 2.39. The van der Waals surface area contributed by atoms with Crippen molar-refractivity contribution in [3.8, 4) is 0 Å². The highest BCUT2D eigenvalue weighted by atomic mass is 14.5. The van der Waals surface area contributed by atoms with Crippen LogP contribution in [-0.4, -0.2) is 6.54 Å². The van der Waals surface area contributed by atoms with Gasteiger partial charge < -0.3 is 5.73 Å². The zero-order valence-electron chi connectivity index (χ0n) is 16.3. The molecule has 0 aromatic carbocycles. The fourth-order valence-corrected chi connectivity index (χ4v) is 3.44. The summed E-state index contributed by atoms with van der Waals surface area (Å²) in [4.78, 5) is 0. The van der Waals surface area contributed by atoms with Crippen molar-refractivity contribution in [3.63, 3.8) is 0 Å². The minimum Gasteiger partial charge on any atom is -0.331 e. The number of allylic oxidation sites excluding steroid dienone is 3. The molecule has 0 saturated heterocycles. The van der Waals surface area contributed by atoms with E-state index in [9.17, 15) is 0 Å². The fourth-order valence-electron chi connectivity index (χ4n) is 3.44. The number of rotatable bonds is 11. The topological polar surface area (TPSA) is 26.0 Å². The molecule has 1 saturated carbocycles. The molecule has 1 rings (SSSR count). The Hall–Kier alpha value is -0.560. The highest BCUT2D eigenvalue weighted by Gasteiger charge is 2.27. The lowest BCUT2D eigenvalue weighted by molar-refractivity contribution is 0.444. The molecule has 0 aliphatic heterocycles. The molecule has 2 atom stereocenters. The van der Waals surface area contributed by atoms with Crippen molar-refractivity contribution < 1.29 is 0 Å². The van der Waals surface area contributed by atoms with Crippen LogP contribution >= 0.6 is 0 Å². The number of hydrogen-bond acceptors (Lipinski definition) is 1. The van der Waals surface area contributed by atoms with E-state index >= 15 is 0 Å². The van der Waals surface area contributed by atoms with Crippen molar-refractivity contribution in [3.05, 3.63) is 24.3 Å². The Bertz CT molecular complexity index is 292. The van der Waals surface area contributed by atoms with Gasteiger partial charge in [0.25, 0.3) is 0 Å². The van der Waals surface area contributed by atoms with Gasteiger partial charge in [0.2, 0.25) is 0 Å². The fraction of sp³-hybridized carbons (Fsp3) is 0.818. The average molecular weight is 322 g/mol. The van der Waals surface area contributed by atoms with Crippen molar-refractivity contribution in [1.82, 2.24) is 0 Å². The van der Waals surface area contributed by atoms with Crippen LogP contribution < -0.4 is 5.73 Å². The molecule has 1 fully saturated rings. The van der Waals surface area contributed by atoms with E-state index in [2.05, 4.69) is 32.6 Å². The smallest absolute Gasteiger partial charge is 0.0106 e. The number of hydrogen-bond donors (Lipinski definition) is 1. The van der Waals surface area contributed by atoms with E-state index in [1.165, 1.54) is 82.6 Å². The Labute approximate surface area is 146 Å². The van der Waals surface area contributed by atoms with Crippen molar-refractivity contribution in [2.75, 3.05) is 6.54 Å². The third-order valence-corrected chi connectivity index (χ3v) is 4.82. The van der Waals surface area contributed by atoms with Crippen molar-refractivity contribution >= 4 is 0 Å². The number of nitrogens with two attached hydrogens (primary N) is 1. The molecule has 2 unspecified atom stereocenters. The van der Waals surface area contributed by atoms with Crippen LogP contribution in [0.2, 0.25) is 0 Å². The van der Waals surface area contributed by atoms with Gasteiger partial charge in [0.05, 0.1) is 0 Å². The van der Waals surface area contributed by atoms with Gasteiger partial charge in [-0.2, -0.15) is 0 Å². The lowest BCUT2D eigenvalue weighted by atomic mass is 9.88. The first-order valence-corrected chi connectivity index (χ1v) is 10.3. The predicted octanol–water partition coefficient (Wildman–Crippen LogP) is 7.03. The summed E-state index contributed by atoms with van der Waals surface area (Å²) in [6, 6.07) is 0. The first-order chi connectivity index (χ1) is 11.2. The summed E-state index contributed by atoms with van der Waals surface area (Å²) in [6.07, 6.45) is 21.3. The third kappa shape index (κ3) is 11.6. The SMILES string of the molecule is C=C1CCC(/C=C/CCCCC)C1CCCCCCC.CCN. The maximum atomic E-state index is 4.85. The Morgan fingerprint density at radius 3 is 2.26 bits per heavy atom. The summed E-state index contributed by atoms with van der Waals surface area (Å²) in [7, 11) is 0. The van der Waals surface area contributed by atoms with E-state index in [1.807, 2.05) is 6.92 Å². The summed E-state index contributed by atoms with van der Waals surface area (Å²) in [5.74, 6) is 1.59. The molecule has 0 bridgehead atoms. The summed E-state index contributed by atoms with van der Waals surface area (Å²) in [6.45, 7) is 11.5. The maximum absolute atomic E-state index is 4.85. The van der Waals surface area contributed by atoms with Gasteiger partial charge in [-0.3, -0.25) is 0 Å². The molecule has 0 amide bonds. The molecule has 1 nitrogen and oxygen atoms in total. The van der Waals surface area contributed by atoms with Crippen LogP contribution in [0.4, 0.5) is 0 Å². The average Bonchev–Trinajstić information content (AvgIpc) is 2.88. The van der Waals surface area contributed by atoms with E-state index in [1.54, 1.807) is 0 Å². The Kier molecular flexibility index (Phi) is 15.9. The normalized spacial score (nSPS) is 20.8. The monoisotopic (exact) mass is 321 g/mol. The molecule has 0 aromatic heterocycles. The molecule has 1 aliphatic carbocycles. The predicted molar refractivity (Wildman–Crippen MR) is 107 cm³/mol. The van der Waals surface area contributed by atoms with Crippen LogP contribution in [-0.2, 0) is 0 Å². The molecule has 136 valence electrons. The molecule has 0 spiro atoms. The van der Waals surface area contributed by atoms with Crippen LogP contribution in [0.25, 0.3) is 0 Å². The highest BCUT2D eigenvalue weighted by molar-refractivity contribution is 5.13. The van der Waals surface area contributed by atoms with Crippen LogP contribution in [0.5, 0.6) is 0 Å². The Balaban J connectivity index is 0.00000149. The van der Waals surface area contributed by atoms with Gasteiger partial charge in [0, 0.05) is 0 Å². The summed E-state index contributed by atoms with van der Waals surface area (Å²) >= 11 is 0. The van der Waals surface area contributed by atoms with Gasteiger partial charge in [-0.1, -0.05) is 90.0 Å². The standard InChI is InChI=1S/C20H36.C2H7N/c1-4-6-8-10-12-14-19-17-16-18(3)20(19)15-13-11-9-7-5-2;1-2-3/h12,14,19-20H,3-11,13,15-17H2,1-2H3;2-3H2,1H3/b14-12+;. The van der Waals surface area contributed by atoms with Crippen molar-refractivity contribution in [2.45, 2.75) is 97.8 Å². The molecular formula is C22H43N. The van der Waals surface area contributed by atoms with Crippen LogP contribution in [0.15, 0.2) is 24.3 Å². The van der Waals surface area contributed by atoms with Crippen LogP contribution in [0.1, 0.15) is 97.8 Å². The Morgan fingerprint density at radius 2 is 1.61 bits per heavy atom. The van der Waals surface area contributed by atoms with Crippen molar-refractivity contribution in [2.24, 2.45) is 17.6 Å². The largest absolute Gasteiger partial charge is 0.331 e. The zero-order chi connectivity index (χ0) is 17.3. The van der Waals surface area contributed by atoms with E-state index in [4.69, 9.17) is 5.73 Å². The first kappa shape index (κ1) is 22.4. The summed E-state index contributed by atoms with van der Waals surface area (Å²) < 4.78 is 0. The maximum Gasteiger partial charge on any atom is -0.0106 e. The minimum atomic E-state index is 0.750. The molecule has 0 heterocycles. The van der Waals surface area contributed by atoms with Crippen LogP contribution in [0.3, 0.4) is 0 Å². The summed E-state index contributed by atoms with van der Waals surface area (Å²) in [5.41, 5.74) is 6.38. The molecule has 1 aliphatic rings. The minimum absolute atomic E-state index is 0.750. The molecule has 0 aromatic rings. The van der Waals surface area contributed by atoms with Gasteiger partial charge in [-0.15, -0.1) is 0 Å². The first-order valence-electron chi connectivity index (χ1n) is 10.3. The third-order valence-electron chi connectivity index (χ3n) is 4.82. The quantitative estimate of drug-likeness (QED) is 0.321. The van der Waals surface area contributed by atoms with Crippen LogP contribution in [0, 0.1) is 11.8 Å². The second kappa shape index (κ2) is 16.3. The van der Waals surface area contributed by atoms with Gasteiger partial charge in [-0.25, -0.2) is 0 Å². The lowest BCUT2D eigenvalue weighted by Crippen LogP contribution is -2.06. The van der Waals surface area contributed by atoms with Crippen molar-refractivity contribution in [1.29, 1.82) is 0 Å². The van der Waals surface area contributed by atoms with Gasteiger partial charge in [-0.05, 0) is 50.5 Å². The zero-order valence-corrected chi connectivity index (χ0v) is 16.3. The molecule has 0 radical (unpaired) electrons. The van der Waals surface area contributed by atoms with Gasteiger partial charge in [0.1, 0.15) is 0 Å². The molecule has 2 N–H and O–H groups in total. The molecule has 23 heavy (non-hydrogen) atoms. The number of unbranched alkanes of at least 4 members (excludes halogenated alkanes) is 7. The summed E-state index contributed by atoms with van der Waals surface area (Å²) in [5, 5.41) is 0. The van der Waals surface area contributed by atoms with Gasteiger partial charge in [0.15, 0.2) is 0 Å². The lowest BCUT2D eigenvalue weighted by Gasteiger charge is -2.17. The van der Waals surface area contributed by atoms with E-state index in [-0.39, 0.29) is 0 Å². The Morgan fingerprint density at radius 1 is 1.00 bits per heavy atom.